The van der Waals surface area contributed by atoms with E-state index in [-0.39, 0.29) is 10.8 Å². The van der Waals surface area contributed by atoms with E-state index in [9.17, 15) is 13.2 Å². The third kappa shape index (κ3) is 5.13. The van der Waals surface area contributed by atoms with E-state index < -0.39 is 16.1 Å². The van der Waals surface area contributed by atoms with Crippen LogP contribution in [0.4, 0.5) is 11.4 Å². The molecule has 1 aliphatic heterocycles. The lowest BCUT2D eigenvalue weighted by atomic mass is 10.2. The normalized spacial score (nSPS) is 15.9. The number of sulfonamides is 1. The lowest BCUT2D eigenvalue weighted by molar-refractivity contribution is -0.116. The molecule has 0 bridgehead atoms. The first-order valence-corrected chi connectivity index (χ1v) is 11.0. The number of anilines is 2. The molecule has 152 valence electrons. The van der Waals surface area contributed by atoms with Crippen molar-refractivity contribution in [2.75, 3.05) is 23.7 Å². The van der Waals surface area contributed by atoms with Crippen molar-refractivity contribution in [1.29, 1.82) is 5.26 Å². The van der Waals surface area contributed by atoms with Gasteiger partial charge in [-0.25, -0.2) is 8.42 Å². The number of rotatable bonds is 6. The topological polar surface area (TPSA) is 102 Å². The van der Waals surface area contributed by atoms with Gasteiger partial charge in [-0.2, -0.15) is 9.57 Å². The number of hydrogen-bond acceptors (Lipinski definition) is 5. The van der Waals surface area contributed by atoms with Crippen molar-refractivity contribution in [3.63, 3.8) is 0 Å². The fourth-order valence-corrected chi connectivity index (χ4v) is 4.80. The molecule has 0 saturated carbocycles. The van der Waals surface area contributed by atoms with Crippen molar-refractivity contribution in [2.45, 2.75) is 37.1 Å². The number of nitrogens with zero attached hydrogens (tertiary/aromatic N) is 2. The molecule has 1 saturated heterocycles. The Kier molecular flexibility index (Phi) is 6.52. The molecule has 1 heterocycles. The van der Waals surface area contributed by atoms with Gasteiger partial charge in [-0.3, -0.25) is 4.79 Å². The zero-order chi connectivity index (χ0) is 20.9. The fraction of sp³-hybridized carbons (Fsp3) is 0.333. The number of amides is 1. The highest BCUT2D eigenvalue weighted by Crippen LogP contribution is 2.23. The van der Waals surface area contributed by atoms with Gasteiger partial charge in [0.2, 0.25) is 15.9 Å². The largest absolute Gasteiger partial charge is 0.374 e. The Morgan fingerprint density at radius 2 is 1.76 bits per heavy atom. The highest BCUT2D eigenvalue weighted by atomic mass is 32.2. The van der Waals surface area contributed by atoms with Gasteiger partial charge >= 0.3 is 0 Å². The second-order valence-electron chi connectivity index (χ2n) is 7.04. The van der Waals surface area contributed by atoms with Gasteiger partial charge in [-0.1, -0.05) is 18.6 Å². The van der Waals surface area contributed by atoms with Crippen LogP contribution in [0.3, 0.4) is 0 Å². The van der Waals surface area contributed by atoms with Crippen LogP contribution in [0.15, 0.2) is 53.4 Å². The van der Waals surface area contributed by atoms with Crippen LogP contribution in [0.5, 0.6) is 0 Å². The summed E-state index contributed by atoms with van der Waals surface area (Å²) in [5.41, 5.74) is 1.54. The van der Waals surface area contributed by atoms with Crippen molar-refractivity contribution in [3.05, 3.63) is 54.1 Å². The van der Waals surface area contributed by atoms with E-state index in [1.165, 1.54) is 4.31 Å². The highest BCUT2D eigenvalue weighted by Gasteiger charge is 2.26. The molecule has 0 radical (unpaired) electrons. The molecule has 0 unspecified atom stereocenters. The molecule has 1 aliphatic rings. The first kappa shape index (κ1) is 20.8. The van der Waals surface area contributed by atoms with Gasteiger partial charge in [0, 0.05) is 24.5 Å². The molecular weight excluding hydrogens is 388 g/mol. The summed E-state index contributed by atoms with van der Waals surface area (Å²) < 4.78 is 27.2. The molecule has 2 aromatic carbocycles. The maximum Gasteiger partial charge on any atom is 0.246 e. The van der Waals surface area contributed by atoms with Crippen LogP contribution < -0.4 is 10.6 Å². The molecular formula is C21H24N4O3S. The Morgan fingerprint density at radius 3 is 2.48 bits per heavy atom. The molecule has 1 amide bonds. The average Bonchev–Trinajstić information content (AvgIpc) is 2.74. The van der Waals surface area contributed by atoms with Crippen molar-refractivity contribution in [3.8, 4) is 6.07 Å². The Hall–Kier alpha value is -2.89. The van der Waals surface area contributed by atoms with E-state index in [2.05, 4.69) is 10.6 Å². The minimum Gasteiger partial charge on any atom is -0.374 e. The molecule has 0 aliphatic carbocycles. The quantitative estimate of drug-likeness (QED) is 0.759. The molecule has 0 aromatic heterocycles. The summed E-state index contributed by atoms with van der Waals surface area (Å²) in [7, 11) is -3.53. The Morgan fingerprint density at radius 1 is 1.07 bits per heavy atom. The molecule has 29 heavy (non-hydrogen) atoms. The number of nitrogens with one attached hydrogen (secondary N) is 2. The van der Waals surface area contributed by atoms with Gasteiger partial charge in [-0.05, 0) is 56.2 Å². The highest BCUT2D eigenvalue weighted by molar-refractivity contribution is 7.89. The fourth-order valence-electron chi connectivity index (χ4n) is 3.23. The predicted octanol–water partition coefficient (Wildman–Crippen LogP) is 3.17. The third-order valence-corrected chi connectivity index (χ3v) is 6.72. The van der Waals surface area contributed by atoms with E-state index in [0.29, 0.717) is 30.0 Å². The summed E-state index contributed by atoms with van der Waals surface area (Å²) in [6.07, 6.45) is 2.81. The zero-order valence-corrected chi connectivity index (χ0v) is 17.1. The molecule has 0 spiro atoms. The van der Waals surface area contributed by atoms with Gasteiger partial charge in [0.1, 0.15) is 6.04 Å². The molecule has 7 nitrogen and oxygen atoms in total. The standard InChI is InChI=1S/C21H24N4O3S/c1-16(21(26)24-18-8-5-7-17(13-18)15-22)23-19-9-6-10-20(14-19)29(27,28)25-11-3-2-4-12-25/h5-10,13-14,16,23H,2-4,11-12H2,1H3,(H,24,26)/t16-/m0/s1. The number of carbonyl (C=O) groups is 1. The Labute approximate surface area is 171 Å². The van der Waals surface area contributed by atoms with E-state index in [4.69, 9.17) is 5.26 Å². The molecule has 2 N–H and O–H groups in total. The van der Waals surface area contributed by atoms with Crippen LogP contribution in [-0.2, 0) is 14.8 Å². The summed E-state index contributed by atoms with van der Waals surface area (Å²) in [5, 5.41) is 14.8. The van der Waals surface area contributed by atoms with Crippen molar-refractivity contribution >= 4 is 27.3 Å². The van der Waals surface area contributed by atoms with Crippen LogP contribution >= 0.6 is 0 Å². The van der Waals surface area contributed by atoms with Crippen LogP contribution in [0, 0.1) is 11.3 Å². The Bertz CT molecular complexity index is 1020. The SMILES string of the molecule is C[C@H](Nc1cccc(S(=O)(=O)N2CCCCC2)c1)C(=O)Nc1cccc(C#N)c1. The lowest BCUT2D eigenvalue weighted by Gasteiger charge is -2.26. The van der Waals surface area contributed by atoms with E-state index >= 15 is 0 Å². The van der Waals surface area contributed by atoms with Crippen molar-refractivity contribution < 1.29 is 13.2 Å². The van der Waals surface area contributed by atoms with E-state index in [1.54, 1.807) is 55.5 Å². The molecule has 3 rings (SSSR count). The zero-order valence-electron chi connectivity index (χ0n) is 16.3. The molecule has 8 heteroatoms. The van der Waals surface area contributed by atoms with Gasteiger partial charge in [-0.15, -0.1) is 0 Å². The second kappa shape index (κ2) is 9.07. The number of hydrogen-bond donors (Lipinski definition) is 2. The number of carbonyl (C=O) groups excluding carboxylic acids is 1. The lowest BCUT2D eigenvalue weighted by Crippen LogP contribution is -2.35. The van der Waals surface area contributed by atoms with E-state index in [1.807, 2.05) is 6.07 Å². The Balaban J connectivity index is 1.69. The van der Waals surface area contributed by atoms with Gasteiger partial charge in [0.25, 0.3) is 0 Å². The summed E-state index contributed by atoms with van der Waals surface area (Å²) in [5.74, 6) is -0.288. The van der Waals surface area contributed by atoms with Crippen LogP contribution in [-0.4, -0.2) is 37.8 Å². The molecule has 1 atom stereocenters. The molecule has 1 fully saturated rings. The smallest absolute Gasteiger partial charge is 0.246 e. The minimum atomic E-state index is -3.53. The van der Waals surface area contributed by atoms with Crippen molar-refractivity contribution in [2.24, 2.45) is 0 Å². The van der Waals surface area contributed by atoms with E-state index in [0.717, 1.165) is 19.3 Å². The van der Waals surface area contributed by atoms with Gasteiger partial charge in [0.15, 0.2) is 0 Å². The third-order valence-electron chi connectivity index (χ3n) is 4.82. The number of nitriles is 1. The predicted molar refractivity (Wildman–Crippen MR) is 112 cm³/mol. The van der Waals surface area contributed by atoms with Crippen LogP contribution in [0.25, 0.3) is 0 Å². The summed E-state index contributed by atoms with van der Waals surface area (Å²) in [6, 6.07) is 14.6. The summed E-state index contributed by atoms with van der Waals surface area (Å²) in [6.45, 7) is 2.77. The number of piperidine rings is 1. The van der Waals surface area contributed by atoms with Crippen molar-refractivity contribution in [1.82, 2.24) is 4.31 Å². The van der Waals surface area contributed by atoms with Gasteiger partial charge in [0.05, 0.1) is 16.5 Å². The second-order valence-corrected chi connectivity index (χ2v) is 8.98. The maximum atomic E-state index is 12.9. The molecule has 2 aromatic rings. The number of benzene rings is 2. The maximum absolute atomic E-state index is 12.9. The van der Waals surface area contributed by atoms with Gasteiger partial charge < -0.3 is 10.6 Å². The monoisotopic (exact) mass is 412 g/mol. The summed E-state index contributed by atoms with van der Waals surface area (Å²) >= 11 is 0. The first-order chi connectivity index (χ1) is 13.9. The first-order valence-electron chi connectivity index (χ1n) is 9.58. The van der Waals surface area contributed by atoms with Crippen LogP contribution in [0.1, 0.15) is 31.7 Å². The minimum absolute atomic E-state index is 0.221. The average molecular weight is 413 g/mol. The summed E-state index contributed by atoms with van der Waals surface area (Å²) in [4.78, 5) is 12.7. The van der Waals surface area contributed by atoms with Crippen LogP contribution in [0.2, 0.25) is 0 Å².